The molecule has 20 heavy (non-hydrogen) atoms. The van der Waals surface area contributed by atoms with Crippen LogP contribution >= 0.6 is 11.3 Å². The van der Waals surface area contributed by atoms with Gasteiger partial charge in [0.1, 0.15) is 11.5 Å². The van der Waals surface area contributed by atoms with Crippen LogP contribution in [0.4, 0.5) is 5.69 Å². The Labute approximate surface area is 123 Å². The fourth-order valence-corrected chi connectivity index (χ4v) is 2.78. The third kappa shape index (κ3) is 3.23. The lowest BCUT2D eigenvalue weighted by molar-refractivity contribution is 0.386. The van der Waals surface area contributed by atoms with Gasteiger partial charge >= 0.3 is 0 Å². The number of anilines is 1. The highest BCUT2D eigenvalue weighted by atomic mass is 32.1. The van der Waals surface area contributed by atoms with Gasteiger partial charge in [0.05, 0.1) is 14.2 Å². The van der Waals surface area contributed by atoms with Gasteiger partial charge in [0, 0.05) is 34.8 Å². The smallest absolute Gasteiger partial charge is 0.127 e. The molecule has 1 heterocycles. The summed E-state index contributed by atoms with van der Waals surface area (Å²) in [5, 5.41) is 5.47. The number of hydrogen-bond donors (Lipinski definition) is 2. The molecule has 0 amide bonds. The number of benzene rings is 1. The van der Waals surface area contributed by atoms with E-state index >= 15 is 0 Å². The van der Waals surface area contributed by atoms with E-state index < -0.39 is 0 Å². The summed E-state index contributed by atoms with van der Waals surface area (Å²) in [7, 11) is 3.32. The Morgan fingerprint density at radius 3 is 2.65 bits per heavy atom. The van der Waals surface area contributed by atoms with E-state index in [4.69, 9.17) is 15.2 Å². The molecule has 0 radical (unpaired) electrons. The van der Waals surface area contributed by atoms with Crippen LogP contribution < -0.4 is 20.5 Å². The zero-order chi connectivity index (χ0) is 14.5. The summed E-state index contributed by atoms with van der Waals surface area (Å²) in [5.74, 6) is 1.61. The highest BCUT2D eigenvalue weighted by Crippen LogP contribution is 2.30. The van der Waals surface area contributed by atoms with Crippen LogP contribution in [0, 0.1) is 0 Å². The fraction of sp³-hybridized carbons (Fsp3) is 0.333. The van der Waals surface area contributed by atoms with Crippen LogP contribution in [-0.4, -0.2) is 14.2 Å². The first-order chi connectivity index (χ1) is 9.65. The van der Waals surface area contributed by atoms with Gasteiger partial charge in [-0.2, -0.15) is 0 Å². The SMILES string of the molecule is COc1ccc(C(C)NCc2sccc2N)c(OC)c1. The molecule has 2 rings (SSSR count). The summed E-state index contributed by atoms with van der Waals surface area (Å²) in [6, 6.07) is 7.95. The number of thiophene rings is 1. The predicted octanol–water partition coefficient (Wildman–Crippen LogP) is 3.20. The quantitative estimate of drug-likeness (QED) is 0.858. The van der Waals surface area contributed by atoms with Gasteiger partial charge in [-0.25, -0.2) is 0 Å². The number of nitrogen functional groups attached to an aromatic ring is 1. The molecule has 0 saturated heterocycles. The summed E-state index contributed by atoms with van der Waals surface area (Å²) in [6.07, 6.45) is 0. The standard InChI is InChI=1S/C15H20N2O2S/c1-10(17-9-15-13(16)6-7-20-15)12-5-4-11(18-2)8-14(12)19-3/h4-8,10,17H,9,16H2,1-3H3. The lowest BCUT2D eigenvalue weighted by Crippen LogP contribution is -2.18. The Morgan fingerprint density at radius 2 is 2.05 bits per heavy atom. The van der Waals surface area contributed by atoms with Gasteiger partial charge in [-0.05, 0) is 24.4 Å². The van der Waals surface area contributed by atoms with Crippen molar-refractivity contribution in [2.45, 2.75) is 19.5 Å². The number of methoxy groups -OCH3 is 2. The molecule has 0 bridgehead atoms. The van der Waals surface area contributed by atoms with Gasteiger partial charge in [0.2, 0.25) is 0 Å². The van der Waals surface area contributed by atoms with Gasteiger partial charge in [-0.1, -0.05) is 6.07 Å². The Bertz CT molecular complexity index is 569. The first kappa shape index (κ1) is 14.7. The fourth-order valence-electron chi connectivity index (χ4n) is 2.03. The van der Waals surface area contributed by atoms with Crippen LogP contribution in [0.5, 0.6) is 11.5 Å². The average molecular weight is 292 g/mol. The maximum Gasteiger partial charge on any atom is 0.127 e. The molecule has 1 atom stereocenters. The van der Waals surface area contributed by atoms with Crippen LogP contribution in [0.15, 0.2) is 29.6 Å². The van der Waals surface area contributed by atoms with Gasteiger partial charge in [0.25, 0.3) is 0 Å². The first-order valence-electron chi connectivity index (χ1n) is 6.43. The topological polar surface area (TPSA) is 56.5 Å². The van der Waals surface area contributed by atoms with Crippen molar-refractivity contribution >= 4 is 17.0 Å². The number of nitrogens with two attached hydrogens (primary N) is 1. The first-order valence-corrected chi connectivity index (χ1v) is 7.30. The van der Waals surface area contributed by atoms with Crippen LogP contribution in [0.3, 0.4) is 0 Å². The molecule has 3 N–H and O–H groups in total. The minimum Gasteiger partial charge on any atom is -0.497 e. The van der Waals surface area contributed by atoms with Crippen LogP contribution in [0.25, 0.3) is 0 Å². The maximum absolute atomic E-state index is 5.89. The minimum absolute atomic E-state index is 0.164. The molecular formula is C15H20N2O2S. The molecule has 0 fully saturated rings. The number of hydrogen-bond acceptors (Lipinski definition) is 5. The largest absolute Gasteiger partial charge is 0.497 e. The average Bonchev–Trinajstić information content (AvgIpc) is 2.89. The van der Waals surface area contributed by atoms with Crippen molar-refractivity contribution in [3.05, 3.63) is 40.1 Å². The van der Waals surface area contributed by atoms with Crippen molar-refractivity contribution in [2.24, 2.45) is 0 Å². The molecule has 2 aromatic rings. The Hall–Kier alpha value is -1.72. The van der Waals surface area contributed by atoms with E-state index in [1.54, 1.807) is 25.6 Å². The van der Waals surface area contributed by atoms with E-state index in [9.17, 15) is 0 Å². The molecule has 0 aliphatic carbocycles. The summed E-state index contributed by atoms with van der Waals surface area (Å²) in [6.45, 7) is 2.86. The Kier molecular flexibility index (Phi) is 4.87. The molecule has 108 valence electrons. The van der Waals surface area contributed by atoms with E-state index in [-0.39, 0.29) is 6.04 Å². The zero-order valence-electron chi connectivity index (χ0n) is 12.0. The Balaban J connectivity index is 2.08. The highest BCUT2D eigenvalue weighted by Gasteiger charge is 2.13. The number of rotatable bonds is 6. The molecule has 1 aromatic carbocycles. The number of ether oxygens (including phenoxy) is 2. The van der Waals surface area contributed by atoms with E-state index in [0.29, 0.717) is 0 Å². The van der Waals surface area contributed by atoms with E-state index in [1.165, 1.54) is 0 Å². The molecule has 4 nitrogen and oxygen atoms in total. The van der Waals surface area contributed by atoms with Crippen molar-refractivity contribution in [3.63, 3.8) is 0 Å². The van der Waals surface area contributed by atoms with E-state index in [1.807, 2.05) is 29.6 Å². The highest BCUT2D eigenvalue weighted by molar-refractivity contribution is 7.10. The van der Waals surface area contributed by atoms with Crippen molar-refractivity contribution in [3.8, 4) is 11.5 Å². The Morgan fingerprint density at radius 1 is 1.25 bits per heavy atom. The molecule has 0 spiro atoms. The second kappa shape index (κ2) is 6.63. The summed E-state index contributed by atoms with van der Waals surface area (Å²) >= 11 is 1.66. The molecule has 0 saturated carbocycles. The van der Waals surface area contributed by atoms with Gasteiger partial charge < -0.3 is 20.5 Å². The molecule has 1 unspecified atom stereocenters. The molecular weight excluding hydrogens is 272 g/mol. The van der Waals surface area contributed by atoms with Crippen LogP contribution in [0.2, 0.25) is 0 Å². The zero-order valence-corrected chi connectivity index (χ0v) is 12.8. The number of nitrogens with one attached hydrogen (secondary N) is 1. The van der Waals surface area contributed by atoms with Crippen LogP contribution in [-0.2, 0) is 6.54 Å². The molecule has 0 aliphatic rings. The second-order valence-corrected chi connectivity index (χ2v) is 5.51. The lowest BCUT2D eigenvalue weighted by Gasteiger charge is -2.18. The van der Waals surface area contributed by atoms with Gasteiger partial charge in [-0.15, -0.1) is 11.3 Å². The lowest BCUT2D eigenvalue weighted by atomic mass is 10.1. The van der Waals surface area contributed by atoms with Crippen molar-refractivity contribution in [2.75, 3.05) is 20.0 Å². The van der Waals surface area contributed by atoms with Crippen molar-refractivity contribution in [1.82, 2.24) is 5.32 Å². The molecule has 0 aliphatic heterocycles. The van der Waals surface area contributed by atoms with Gasteiger partial charge in [0.15, 0.2) is 0 Å². The van der Waals surface area contributed by atoms with E-state index in [2.05, 4.69) is 12.2 Å². The minimum atomic E-state index is 0.164. The monoisotopic (exact) mass is 292 g/mol. The van der Waals surface area contributed by atoms with Crippen LogP contribution in [0.1, 0.15) is 23.4 Å². The third-order valence-corrected chi connectivity index (χ3v) is 4.19. The normalized spacial score (nSPS) is 12.2. The summed E-state index contributed by atoms with van der Waals surface area (Å²) in [5.41, 5.74) is 7.83. The predicted molar refractivity (Wildman–Crippen MR) is 83.5 cm³/mol. The van der Waals surface area contributed by atoms with E-state index in [0.717, 1.165) is 34.2 Å². The summed E-state index contributed by atoms with van der Waals surface area (Å²) in [4.78, 5) is 1.16. The summed E-state index contributed by atoms with van der Waals surface area (Å²) < 4.78 is 10.6. The molecule has 1 aromatic heterocycles. The maximum atomic E-state index is 5.89. The third-order valence-electron chi connectivity index (χ3n) is 3.26. The van der Waals surface area contributed by atoms with Gasteiger partial charge in [-0.3, -0.25) is 0 Å². The van der Waals surface area contributed by atoms with Crippen molar-refractivity contribution < 1.29 is 9.47 Å². The molecule has 5 heteroatoms. The second-order valence-electron chi connectivity index (χ2n) is 4.51. The van der Waals surface area contributed by atoms with Crippen molar-refractivity contribution in [1.29, 1.82) is 0 Å².